The predicted molar refractivity (Wildman–Crippen MR) is 118 cm³/mol. The van der Waals surface area contributed by atoms with Crippen molar-refractivity contribution in [1.29, 1.82) is 0 Å². The standard InChI is InChI=1S/C22H19F3N4O4S/c23-22(24,25)14-4-7-17(8-5-14)29-10-11-33-19-9-6-15(12-20(19)34(29,31)32)28-21(30)18-3-1-2-16(13-26)27-18/h1-9,12H,10-11,13,26H2,(H,28,30). The molecule has 0 saturated carbocycles. The first kappa shape index (κ1) is 23.5. The fourth-order valence-corrected chi connectivity index (χ4v) is 4.99. The molecule has 8 nitrogen and oxygen atoms in total. The number of nitrogens with one attached hydrogen (secondary N) is 1. The monoisotopic (exact) mass is 492 g/mol. The Morgan fingerprint density at radius 1 is 1.12 bits per heavy atom. The number of hydrogen-bond donors (Lipinski definition) is 2. The minimum Gasteiger partial charge on any atom is -0.490 e. The maximum absolute atomic E-state index is 13.4. The smallest absolute Gasteiger partial charge is 0.416 e. The molecule has 0 radical (unpaired) electrons. The van der Waals surface area contributed by atoms with Crippen LogP contribution in [0.4, 0.5) is 24.5 Å². The number of alkyl halides is 3. The summed E-state index contributed by atoms with van der Waals surface area (Å²) in [6, 6.07) is 12.7. The van der Waals surface area contributed by atoms with Crippen LogP contribution in [0, 0.1) is 0 Å². The number of anilines is 2. The molecule has 0 bridgehead atoms. The van der Waals surface area contributed by atoms with Gasteiger partial charge >= 0.3 is 6.18 Å². The lowest BCUT2D eigenvalue weighted by Gasteiger charge is -2.22. The third kappa shape index (κ3) is 4.68. The fourth-order valence-electron chi connectivity index (χ4n) is 3.38. The Bertz CT molecular complexity index is 1330. The summed E-state index contributed by atoms with van der Waals surface area (Å²) in [7, 11) is -4.21. The number of amides is 1. The van der Waals surface area contributed by atoms with E-state index in [2.05, 4.69) is 10.3 Å². The van der Waals surface area contributed by atoms with Crippen LogP contribution in [0.5, 0.6) is 5.75 Å². The predicted octanol–water partition coefficient (Wildman–Crippen LogP) is 3.40. The number of carbonyl (C=O) groups excluding carboxylic acids is 1. The Morgan fingerprint density at radius 2 is 1.85 bits per heavy atom. The average Bonchev–Trinajstić information content (AvgIpc) is 2.94. The number of carbonyl (C=O) groups is 1. The Labute approximate surface area is 193 Å². The first-order valence-corrected chi connectivity index (χ1v) is 11.5. The molecule has 2 aromatic carbocycles. The Morgan fingerprint density at radius 3 is 2.53 bits per heavy atom. The van der Waals surface area contributed by atoms with Crippen molar-refractivity contribution in [3.63, 3.8) is 0 Å². The van der Waals surface area contributed by atoms with Gasteiger partial charge in [0.15, 0.2) is 0 Å². The van der Waals surface area contributed by atoms with Gasteiger partial charge < -0.3 is 15.8 Å². The number of rotatable bonds is 4. The highest BCUT2D eigenvalue weighted by Crippen LogP contribution is 2.36. The normalized spacial score (nSPS) is 15.1. The molecule has 1 aliphatic heterocycles. The summed E-state index contributed by atoms with van der Waals surface area (Å²) >= 11 is 0. The molecule has 0 aliphatic carbocycles. The van der Waals surface area contributed by atoms with E-state index in [1.165, 1.54) is 24.3 Å². The maximum atomic E-state index is 13.4. The van der Waals surface area contributed by atoms with Crippen LogP contribution < -0.4 is 20.1 Å². The van der Waals surface area contributed by atoms with Crippen LogP contribution in [0.15, 0.2) is 65.6 Å². The quantitative estimate of drug-likeness (QED) is 0.577. The van der Waals surface area contributed by atoms with E-state index in [1.807, 2.05) is 0 Å². The van der Waals surface area contributed by atoms with Crippen LogP contribution in [0.2, 0.25) is 0 Å². The summed E-state index contributed by atoms with van der Waals surface area (Å²) < 4.78 is 72.0. The molecule has 1 aromatic heterocycles. The van der Waals surface area contributed by atoms with Gasteiger partial charge in [-0.15, -0.1) is 0 Å². The van der Waals surface area contributed by atoms with Crippen molar-refractivity contribution in [2.45, 2.75) is 17.6 Å². The molecule has 2 heterocycles. The van der Waals surface area contributed by atoms with E-state index < -0.39 is 27.7 Å². The van der Waals surface area contributed by atoms with Gasteiger partial charge in [0.2, 0.25) is 0 Å². The average molecular weight is 492 g/mol. The summed E-state index contributed by atoms with van der Waals surface area (Å²) in [5, 5.41) is 2.59. The minimum atomic E-state index is -4.54. The van der Waals surface area contributed by atoms with Crippen LogP contribution in [0.25, 0.3) is 0 Å². The molecule has 0 spiro atoms. The van der Waals surface area contributed by atoms with Crippen molar-refractivity contribution in [2.75, 3.05) is 22.8 Å². The molecule has 0 saturated heterocycles. The van der Waals surface area contributed by atoms with E-state index >= 15 is 0 Å². The van der Waals surface area contributed by atoms with Crippen molar-refractivity contribution in [3.05, 3.63) is 77.6 Å². The lowest BCUT2D eigenvalue weighted by atomic mass is 10.2. The van der Waals surface area contributed by atoms with E-state index in [0.717, 1.165) is 28.6 Å². The molecule has 3 aromatic rings. The van der Waals surface area contributed by atoms with Crippen molar-refractivity contribution in [2.24, 2.45) is 5.73 Å². The highest BCUT2D eigenvalue weighted by atomic mass is 32.2. The third-order valence-electron chi connectivity index (χ3n) is 5.05. The zero-order valence-electron chi connectivity index (χ0n) is 17.5. The zero-order chi connectivity index (χ0) is 24.5. The maximum Gasteiger partial charge on any atom is 0.416 e. The largest absolute Gasteiger partial charge is 0.490 e. The number of aromatic nitrogens is 1. The van der Waals surface area contributed by atoms with Crippen molar-refractivity contribution < 1.29 is 31.1 Å². The zero-order valence-corrected chi connectivity index (χ0v) is 18.4. The number of fused-ring (bicyclic) bond motifs is 1. The van der Waals surface area contributed by atoms with Crippen molar-refractivity contribution in [1.82, 2.24) is 4.98 Å². The van der Waals surface area contributed by atoms with Gasteiger partial charge in [-0.25, -0.2) is 13.4 Å². The molecule has 12 heteroatoms. The lowest BCUT2D eigenvalue weighted by molar-refractivity contribution is -0.137. The van der Waals surface area contributed by atoms with E-state index in [9.17, 15) is 26.4 Å². The molecule has 1 aliphatic rings. The number of sulfonamides is 1. The first-order valence-electron chi connectivity index (χ1n) is 10.0. The van der Waals surface area contributed by atoms with Gasteiger partial charge in [0.25, 0.3) is 15.9 Å². The topological polar surface area (TPSA) is 115 Å². The molecule has 0 atom stereocenters. The molecule has 4 rings (SSSR count). The van der Waals surface area contributed by atoms with Gasteiger partial charge in [0.1, 0.15) is 22.9 Å². The van der Waals surface area contributed by atoms with Gasteiger partial charge in [0.05, 0.1) is 23.5 Å². The number of pyridine rings is 1. The SMILES string of the molecule is NCc1cccc(C(=O)Nc2ccc3c(c2)S(=O)(=O)N(c2ccc(C(F)(F)F)cc2)CCO3)n1. The first-order chi connectivity index (χ1) is 16.1. The van der Waals surface area contributed by atoms with Crippen LogP contribution in [0.3, 0.4) is 0 Å². The number of halogens is 3. The number of benzene rings is 2. The second-order valence-electron chi connectivity index (χ2n) is 7.30. The Hall–Kier alpha value is -3.64. The van der Waals surface area contributed by atoms with Crippen LogP contribution in [-0.4, -0.2) is 32.5 Å². The Kier molecular flexibility index (Phi) is 6.19. The van der Waals surface area contributed by atoms with Gasteiger partial charge in [-0.2, -0.15) is 13.2 Å². The number of nitrogens with two attached hydrogens (primary N) is 1. The van der Waals surface area contributed by atoms with Crippen molar-refractivity contribution >= 4 is 27.3 Å². The molecular weight excluding hydrogens is 473 g/mol. The molecule has 0 unspecified atom stereocenters. The summed E-state index contributed by atoms with van der Waals surface area (Å²) in [4.78, 5) is 16.5. The number of nitrogens with zero attached hydrogens (tertiary/aromatic N) is 2. The second-order valence-corrected chi connectivity index (χ2v) is 9.13. The molecule has 0 fully saturated rings. The molecule has 178 valence electrons. The number of ether oxygens (including phenoxy) is 1. The van der Waals surface area contributed by atoms with Crippen LogP contribution in [0.1, 0.15) is 21.7 Å². The van der Waals surface area contributed by atoms with Crippen LogP contribution >= 0.6 is 0 Å². The summed E-state index contributed by atoms with van der Waals surface area (Å²) in [5.41, 5.74) is 5.50. The van der Waals surface area contributed by atoms with E-state index in [0.29, 0.717) is 5.69 Å². The highest BCUT2D eigenvalue weighted by Gasteiger charge is 2.33. The summed E-state index contributed by atoms with van der Waals surface area (Å²) in [6.45, 7) is 0.0178. The molecular formula is C22H19F3N4O4S. The van der Waals surface area contributed by atoms with Gasteiger partial charge in [-0.1, -0.05) is 6.07 Å². The molecule has 34 heavy (non-hydrogen) atoms. The molecule has 1 amide bonds. The Balaban J connectivity index is 1.65. The highest BCUT2D eigenvalue weighted by molar-refractivity contribution is 7.93. The van der Waals surface area contributed by atoms with Gasteiger partial charge in [-0.05, 0) is 54.6 Å². The number of hydrogen-bond acceptors (Lipinski definition) is 6. The van der Waals surface area contributed by atoms with Crippen LogP contribution in [-0.2, 0) is 22.7 Å². The molecule has 3 N–H and O–H groups in total. The summed E-state index contributed by atoms with van der Waals surface area (Å²) in [5.74, 6) is -0.502. The van der Waals surface area contributed by atoms with E-state index in [1.54, 1.807) is 12.1 Å². The lowest BCUT2D eigenvalue weighted by Crippen LogP contribution is -2.32. The van der Waals surface area contributed by atoms with E-state index in [4.69, 9.17) is 10.5 Å². The van der Waals surface area contributed by atoms with Gasteiger partial charge in [-0.3, -0.25) is 9.10 Å². The summed E-state index contributed by atoms with van der Waals surface area (Å²) in [6.07, 6.45) is -4.54. The van der Waals surface area contributed by atoms with Crippen molar-refractivity contribution in [3.8, 4) is 5.75 Å². The second kappa shape index (κ2) is 8.95. The minimum absolute atomic E-state index is 0.0191. The third-order valence-corrected chi connectivity index (χ3v) is 6.90. The van der Waals surface area contributed by atoms with Gasteiger partial charge in [0, 0.05) is 12.2 Å². The fraction of sp³-hybridized carbons (Fsp3) is 0.182. The van der Waals surface area contributed by atoms with E-state index in [-0.39, 0.29) is 47.4 Å².